The lowest BCUT2D eigenvalue weighted by atomic mass is 9.96. The summed E-state index contributed by atoms with van der Waals surface area (Å²) in [5.74, 6) is 0.264. The molecule has 0 aromatic heterocycles. The van der Waals surface area contributed by atoms with Crippen molar-refractivity contribution in [2.75, 3.05) is 12.3 Å². The molecule has 0 amide bonds. The predicted octanol–water partition coefficient (Wildman–Crippen LogP) is 2.35. The van der Waals surface area contributed by atoms with Gasteiger partial charge in [0.15, 0.2) is 15.8 Å². The largest absolute Gasteiger partial charge is 0.370 e. The average molecular weight is 344 g/mol. The Balaban J connectivity index is 1.85. The lowest BCUT2D eigenvalue weighted by Crippen LogP contribution is -2.41. The van der Waals surface area contributed by atoms with E-state index >= 15 is 0 Å². The van der Waals surface area contributed by atoms with Gasteiger partial charge in [-0.2, -0.15) is 0 Å². The Bertz CT molecular complexity index is 608. The van der Waals surface area contributed by atoms with Crippen molar-refractivity contribution in [3.8, 4) is 0 Å². The van der Waals surface area contributed by atoms with Gasteiger partial charge >= 0.3 is 0 Å². The SMILES string of the molecule is NC(=NCCS(=O)(=O)c1ccc(Cl)cc1)NC1CCCCC1. The van der Waals surface area contributed by atoms with Crippen LogP contribution in [-0.4, -0.2) is 32.7 Å². The van der Waals surface area contributed by atoms with E-state index in [2.05, 4.69) is 10.3 Å². The first-order valence-electron chi connectivity index (χ1n) is 7.52. The van der Waals surface area contributed by atoms with Crippen LogP contribution >= 0.6 is 11.6 Å². The molecule has 2 rings (SSSR count). The molecule has 0 saturated heterocycles. The van der Waals surface area contributed by atoms with Gasteiger partial charge in [0.1, 0.15) is 0 Å². The third-order valence-electron chi connectivity index (χ3n) is 3.77. The Morgan fingerprint density at radius 3 is 2.50 bits per heavy atom. The molecule has 22 heavy (non-hydrogen) atoms. The maximum atomic E-state index is 12.1. The molecule has 1 aromatic carbocycles. The Morgan fingerprint density at radius 2 is 1.86 bits per heavy atom. The zero-order chi connectivity index (χ0) is 16.0. The Hall–Kier alpha value is -1.27. The van der Waals surface area contributed by atoms with E-state index < -0.39 is 9.84 Å². The minimum atomic E-state index is -3.35. The van der Waals surface area contributed by atoms with Crippen LogP contribution in [0.5, 0.6) is 0 Å². The van der Waals surface area contributed by atoms with E-state index in [1.54, 1.807) is 12.1 Å². The van der Waals surface area contributed by atoms with Crippen LogP contribution in [0.1, 0.15) is 32.1 Å². The van der Waals surface area contributed by atoms with Crippen LogP contribution in [0.15, 0.2) is 34.2 Å². The molecule has 0 spiro atoms. The van der Waals surface area contributed by atoms with Crippen LogP contribution < -0.4 is 11.1 Å². The number of benzene rings is 1. The molecule has 0 radical (unpaired) electrons. The van der Waals surface area contributed by atoms with E-state index in [9.17, 15) is 8.42 Å². The maximum Gasteiger partial charge on any atom is 0.188 e. The highest BCUT2D eigenvalue weighted by Gasteiger charge is 2.15. The van der Waals surface area contributed by atoms with Gasteiger partial charge < -0.3 is 11.1 Å². The Labute approximate surface area is 136 Å². The second-order valence-corrected chi connectivity index (χ2v) is 8.06. The molecule has 5 nitrogen and oxygen atoms in total. The lowest BCUT2D eigenvalue weighted by molar-refractivity contribution is 0.412. The van der Waals surface area contributed by atoms with E-state index in [4.69, 9.17) is 17.3 Å². The summed E-state index contributed by atoms with van der Waals surface area (Å²) >= 11 is 5.76. The third kappa shape index (κ3) is 5.18. The van der Waals surface area contributed by atoms with Crippen LogP contribution in [0.3, 0.4) is 0 Å². The molecule has 3 N–H and O–H groups in total. The van der Waals surface area contributed by atoms with Gasteiger partial charge in [0.2, 0.25) is 0 Å². The standard InChI is InChI=1S/C15H22ClN3O2S/c16-12-6-8-14(9-7-12)22(20,21)11-10-18-15(17)19-13-4-2-1-3-5-13/h6-9,13H,1-5,10-11H2,(H3,17,18,19). The lowest BCUT2D eigenvalue weighted by Gasteiger charge is -2.23. The van der Waals surface area contributed by atoms with Crippen LogP contribution in [0.25, 0.3) is 0 Å². The number of nitrogens with two attached hydrogens (primary N) is 1. The quantitative estimate of drug-likeness (QED) is 0.635. The monoisotopic (exact) mass is 343 g/mol. The molecular weight excluding hydrogens is 322 g/mol. The van der Waals surface area contributed by atoms with Gasteiger partial charge in [-0.3, -0.25) is 4.99 Å². The van der Waals surface area contributed by atoms with Crippen molar-refractivity contribution >= 4 is 27.4 Å². The van der Waals surface area contributed by atoms with Crippen LogP contribution in [-0.2, 0) is 9.84 Å². The van der Waals surface area contributed by atoms with Gasteiger partial charge in [-0.1, -0.05) is 30.9 Å². The van der Waals surface area contributed by atoms with E-state index in [1.165, 1.54) is 31.4 Å². The second kappa shape index (κ2) is 7.83. The summed E-state index contributed by atoms with van der Waals surface area (Å²) in [7, 11) is -3.35. The fraction of sp³-hybridized carbons (Fsp3) is 0.533. The summed E-state index contributed by atoms with van der Waals surface area (Å²) in [6.45, 7) is 0.149. The van der Waals surface area contributed by atoms with E-state index in [1.807, 2.05) is 0 Å². The van der Waals surface area contributed by atoms with Crippen LogP contribution in [0, 0.1) is 0 Å². The van der Waals surface area contributed by atoms with E-state index in [0.717, 1.165) is 12.8 Å². The fourth-order valence-corrected chi connectivity index (χ4v) is 3.79. The number of halogens is 1. The van der Waals surface area contributed by atoms with Gasteiger partial charge in [0.05, 0.1) is 17.2 Å². The highest BCUT2D eigenvalue weighted by Crippen LogP contribution is 2.17. The number of nitrogens with one attached hydrogen (secondary N) is 1. The molecule has 0 aliphatic heterocycles. The molecule has 0 atom stereocenters. The molecule has 122 valence electrons. The van der Waals surface area contributed by atoms with Crippen molar-refractivity contribution in [1.82, 2.24) is 5.32 Å². The topological polar surface area (TPSA) is 84.5 Å². The second-order valence-electron chi connectivity index (χ2n) is 5.52. The van der Waals surface area contributed by atoms with Gasteiger partial charge in [0, 0.05) is 11.1 Å². The van der Waals surface area contributed by atoms with Crippen molar-refractivity contribution < 1.29 is 8.42 Å². The first kappa shape index (κ1) is 17.1. The number of nitrogens with zero attached hydrogens (tertiary/aromatic N) is 1. The van der Waals surface area contributed by atoms with Crippen LogP contribution in [0.2, 0.25) is 5.02 Å². The summed E-state index contributed by atoms with van der Waals surface area (Å²) in [6, 6.07) is 6.51. The minimum absolute atomic E-state index is 0.0678. The molecule has 0 bridgehead atoms. The molecule has 1 fully saturated rings. The molecule has 1 aromatic rings. The maximum absolute atomic E-state index is 12.1. The van der Waals surface area contributed by atoms with E-state index in [0.29, 0.717) is 17.0 Å². The van der Waals surface area contributed by atoms with Gasteiger partial charge in [-0.05, 0) is 37.1 Å². The normalized spacial score (nSPS) is 17.4. The Kier molecular flexibility index (Phi) is 6.08. The number of guanidine groups is 1. The number of rotatable bonds is 5. The van der Waals surface area contributed by atoms with Crippen molar-refractivity contribution in [3.63, 3.8) is 0 Å². The smallest absolute Gasteiger partial charge is 0.188 e. The summed E-state index contributed by atoms with van der Waals surface area (Å²) < 4.78 is 24.3. The highest BCUT2D eigenvalue weighted by molar-refractivity contribution is 7.91. The highest BCUT2D eigenvalue weighted by atomic mass is 35.5. The molecule has 0 unspecified atom stereocenters. The summed E-state index contributed by atoms with van der Waals surface area (Å²) in [4.78, 5) is 4.38. The number of sulfone groups is 1. The predicted molar refractivity (Wildman–Crippen MR) is 90.0 cm³/mol. The Morgan fingerprint density at radius 1 is 1.23 bits per heavy atom. The molecule has 1 saturated carbocycles. The van der Waals surface area contributed by atoms with Crippen molar-refractivity contribution in [1.29, 1.82) is 0 Å². The zero-order valence-electron chi connectivity index (χ0n) is 12.5. The van der Waals surface area contributed by atoms with Gasteiger partial charge in [-0.25, -0.2) is 8.42 Å². The van der Waals surface area contributed by atoms with Crippen molar-refractivity contribution in [3.05, 3.63) is 29.3 Å². The fourth-order valence-electron chi connectivity index (χ4n) is 2.55. The number of hydrogen-bond acceptors (Lipinski definition) is 3. The first-order valence-corrected chi connectivity index (χ1v) is 9.55. The zero-order valence-corrected chi connectivity index (χ0v) is 14.0. The summed E-state index contributed by atoms with van der Waals surface area (Å²) in [5, 5.41) is 3.68. The van der Waals surface area contributed by atoms with Crippen molar-refractivity contribution in [2.45, 2.75) is 43.0 Å². The molecule has 1 aliphatic carbocycles. The first-order chi connectivity index (χ1) is 10.5. The number of hydrogen-bond donors (Lipinski definition) is 2. The molecular formula is C15H22ClN3O2S. The van der Waals surface area contributed by atoms with Gasteiger partial charge in [-0.15, -0.1) is 0 Å². The molecule has 0 heterocycles. The van der Waals surface area contributed by atoms with Crippen LogP contribution in [0.4, 0.5) is 0 Å². The van der Waals surface area contributed by atoms with Crippen molar-refractivity contribution in [2.24, 2.45) is 10.7 Å². The van der Waals surface area contributed by atoms with E-state index in [-0.39, 0.29) is 17.2 Å². The summed E-state index contributed by atoms with van der Waals surface area (Å²) in [6.07, 6.45) is 5.87. The number of aliphatic imine (C=N–C) groups is 1. The third-order valence-corrected chi connectivity index (χ3v) is 5.73. The summed E-state index contributed by atoms with van der Waals surface area (Å²) in [5.41, 5.74) is 5.82. The molecule has 7 heteroatoms. The van der Waals surface area contributed by atoms with Gasteiger partial charge in [0.25, 0.3) is 0 Å². The minimum Gasteiger partial charge on any atom is -0.370 e. The molecule has 1 aliphatic rings. The average Bonchev–Trinajstić information content (AvgIpc) is 2.48.